The maximum absolute atomic E-state index is 5.31. The molecule has 0 saturated carbocycles. The van der Waals surface area contributed by atoms with E-state index in [2.05, 4.69) is 63.7 Å². The summed E-state index contributed by atoms with van der Waals surface area (Å²) in [6.45, 7) is 0. The smallest absolute Gasteiger partial charge is 0.238 e. The van der Waals surface area contributed by atoms with Crippen molar-refractivity contribution in [1.29, 1.82) is 0 Å². The van der Waals surface area contributed by atoms with Crippen LogP contribution in [0.2, 0.25) is 0 Å². The average Bonchev–Trinajstić information content (AvgIpc) is 3.60. The summed E-state index contributed by atoms with van der Waals surface area (Å²) < 4.78 is 4.34. The molecule has 5 heterocycles. The van der Waals surface area contributed by atoms with Gasteiger partial charge in [-0.25, -0.2) is 9.97 Å². The number of aromatic nitrogens is 7. The van der Waals surface area contributed by atoms with Crippen LogP contribution >= 0.6 is 0 Å². The molecule has 4 aromatic carbocycles. The van der Waals surface area contributed by atoms with E-state index in [-0.39, 0.29) is 0 Å². The molecule has 9 rings (SSSR count). The van der Waals surface area contributed by atoms with E-state index in [9.17, 15) is 0 Å². The maximum atomic E-state index is 5.31. The van der Waals surface area contributed by atoms with E-state index in [0.717, 1.165) is 60.8 Å². The molecular weight excluding hydrogens is 542 g/mol. The fraction of sp³-hybridized carbons (Fsp3) is 0. The fourth-order valence-electron chi connectivity index (χ4n) is 6.06. The third kappa shape index (κ3) is 3.73. The molecule has 0 bridgehead atoms. The lowest BCUT2D eigenvalue weighted by atomic mass is 10.2. The number of nitrogens with zero attached hydrogens (tertiary/aromatic N) is 7. The van der Waals surface area contributed by atoms with Gasteiger partial charge in [-0.05, 0) is 36.4 Å². The summed E-state index contributed by atoms with van der Waals surface area (Å²) in [5.41, 5.74) is 9.25. The summed E-state index contributed by atoms with van der Waals surface area (Å²) in [5, 5.41) is 1.09. The summed E-state index contributed by atoms with van der Waals surface area (Å²) in [6, 6.07) is 45.0. The van der Waals surface area contributed by atoms with Crippen molar-refractivity contribution >= 4 is 44.0 Å². The Hall–Kier alpha value is -6.21. The molecule has 7 heteroatoms. The van der Waals surface area contributed by atoms with Crippen LogP contribution in [0.5, 0.6) is 0 Å². The van der Waals surface area contributed by atoms with Crippen LogP contribution in [0.25, 0.3) is 78.4 Å². The molecule has 0 fully saturated rings. The Balaban J connectivity index is 1.41. The van der Waals surface area contributed by atoms with Crippen LogP contribution < -0.4 is 0 Å². The van der Waals surface area contributed by atoms with Crippen molar-refractivity contribution in [3.8, 4) is 34.4 Å². The maximum Gasteiger partial charge on any atom is 0.238 e. The quantitative estimate of drug-likeness (QED) is 0.215. The van der Waals surface area contributed by atoms with E-state index in [1.54, 1.807) is 0 Å². The Kier molecular flexibility index (Phi) is 5.36. The molecule has 206 valence electrons. The lowest BCUT2D eigenvalue weighted by Crippen LogP contribution is -2.06. The number of rotatable bonds is 4. The third-order valence-electron chi connectivity index (χ3n) is 8.02. The van der Waals surface area contributed by atoms with Crippen molar-refractivity contribution in [3.05, 3.63) is 140 Å². The van der Waals surface area contributed by atoms with Gasteiger partial charge in [-0.1, -0.05) is 97.1 Å². The molecule has 0 radical (unpaired) electrons. The first-order valence-corrected chi connectivity index (χ1v) is 14.5. The zero-order valence-electron chi connectivity index (χ0n) is 23.4. The molecule has 9 aromatic rings. The zero-order chi connectivity index (χ0) is 29.0. The van der Waals surface area contributed by atoms with Gasteiger partial charge in [0.2, 0.25) is 5.95 Å². The SMILES string of the molecule is c1ccc(-c2nc(-c3ccccc3)nc(-n3c4cccnc4c4nc5c6ccccc6n(-c6ccccc6)c5cc43)n2)cc1. The Labute approximate surface area is 251 Å². The molecule has 0 saturated heterocycles. The second kappa shape index (κ2) is 9.68. The van der Waals surface area contributed by atoms with Crippen molar-refractivity contribution < 1.29 is 0 Å². The Morgan fingerprint density at radius 1 is 0.409 bits per heavy atom. The van der Waals surface area contributed by atoms with Crippen molar-refractivity contribution in [2.24, 2.45) is 0 Å². The highest BCUT2D eigenvalue weighted by Gasteiger charge is 2.22. The molecule has 0 spiro atoms. The number of fused-ring (bicyclic) bond motifs is 6. The van der Waals surface area contributed by atoms with Gasteiger partial charge in [0.1, 0.15) is 11.0 Å². The van der Waals surface area contributed by atoms with E-state index in [1.807, 2.05) is 85.1 Å². The highest BCUT2D eigenvalue weighted by Crippen LogP contribution is 2.37. The topological polar surface area (TPSA) is 74.3 Å². The van der Waals surface area contributed by atoms with Gasteiger partial charge < -0.3 is 4.57 Å². The number of pyridine rings is 2. The van der Waals surface area contributed by atoms with E-state index < -0.39 is 0 Å². The van der Waals surface area contributed by atoms with Crippen LogP contribution in [0.4, 0.5) is 0 Å². The van der Waals surface area contributed by atoms with Crippen LogP contribution in [0.15, 0.2) is 140 Å². The average molecular weight is 566 g/mol. The molecule has 0 unspecified atom stereocenters. The summed E-state index contributed by atoms with van der Waals surface area (Å²) in [6.07, 6.45) is 1.81. The van der Waals surface area contributed by atoms with Crippen LogP contribution in [0.1, 0.15) is 0 Å². The van der Waals surface area contributed by atoms with Gasteiger partial charge in [0.15, 0.2) is 11.6 Å². The van der Waals surface area contributed by atoms with Crippen LogP contribution in [0.3, 0.4) is 0 Å². The van der Waals surface area contributed by atoms with Gasteiger partial charge in [-0.15, -0.1) is 0 Å². The summed E-state index contributed by atoms with van der Waals surface area (Å²) in [4.78, 5) is 25.1. The normalized spacial score (nSPS) is 11.6. The van der Waals surface area contributed by atoms with E-state index in [4.69, 9.17) is 24.9 Å². The lowest BCUT2D eigenvalue weighted by Gasteiger charge is -2.11. The predicted octanol–water partition coefficient (Wildman–Crippen LogP) is 8.19. The van der Waals surface area contributed by atoms with Gasteiger partial charge in [0.25, 0.3) is 0 Å². The molecule has 0 atom stereocenters. The highest BCUT2D eigenvalue weighted by atomic mass is 15.2. The van der Waals surface area contributed by atoms with Crippen LogP contribution in [-0.2, 0) is 0 Å². The Bertz CT molecular complexity index is 2420. The third-order valence-corrected chi connectivity index (χ3v) is 8.02. The molecular formula is C37H23N7. The summed E-state index contributed by atoms with van der Waals surface area (Å²) in [5.74, 6) is 1.70. The van der Waals surface area contributed by atoms with Gasteiger partial charge >= 0.3 is 0 Å². The second-order valence-electron chi connectivity index (χ2n) is 10.6. The monoisotopic (exact) mass is 565 g/mol. The van der Waals surface area contributed by atoms with E-state index in [1.165, 1.54) is 0 Å². The number of hydrogen-bond acceptors (Lipinski definition) is 5. The predicted molar refractivity (Wildman–Crippen MR) is 175 cm³/mol. The van der Waals surface area contributed by atoms with Gasteiger partial charge in [-0.3, -0.25) is 9.55 Å². The minimum Gasteiger partial charge on any atom is -0.308 e. The first kappa shape index (κ1) is 24.4. The molecule has 0 amide bonds. The number of hydrogen-bond donors (Lipinski definition) is 0. The summed E-state index contributed by atoms with van der Waals surface area (Å²) in [7, 11) is 0. The van der Waals surface area contributed by atoms with Crippen LogP contribution in [-0.4, -0.2) is 34.1 Å². The molecule has 5 aromatic heterocycles. The minimum atomic E-state index is 0.509. The minimum absolute atomic E-state index is 0.509. The van der Waals surface area contributed by atoms with Crippen molar-refractivity contribution in [3.63, 3.8) is 0 Å². The number of para-hydroxylation sites is 2. The first-order valence-electron chi connectivity index (χ1n) is 14.5. The molecule has 0 aliphatic rings. The standard InChI is InChI=1S/C37H23N7/c1-4-13-24(14-5-1)35-40-36(25-15-6-2-7-16-25)42-37(41-35)44-29-21-12-22-38-33(29)34-31(44)23-30-32(39-34)27-19-10-11-20-28(27)43(30)26-17-8-3-9-18-26/h1-23H. The van der Waals surface area contributed by atoms with E-state index >= 15 is 0 Å². The molecule has 0 aliphatic carbocycles. The second-order valence-corrected chi connectivity index (χ2v) is 10.6. The molecule has 7 nitrogen and oxygen atoms in total. The summed E-state index contributed by atoms with van der Waals surface area (Å²) >= 11 is 0. The van der Waals surface area contributed by atoms with Crippen molar-refractivity contribution in [2.45, 2.75) is 0 Å². The molecule has 44 heavy (non-hydrogen) atoms. The van der Waals surface area contributed by atoms with Crippen molar-refractivity contribution in [1.82, 2.24) is 34.1 Å². The lowest BCUT2D eigenvalue weighted by molar-refractivity contribution is 0.952. The molecule has 0 N–H and O–H groups in total. The Morgan fingerprint density at radius 3 is 1.70 bits per heavy atom. The zero-order valence-corrected chi connectivity index (χ0v) is 23.4. The molecule has 0 aliphatic heterocycles. The van der Waals surface area contributed by atoms with Gasteiger partial charge in [-0.2, -0.15) is 9.97 Å². The number of benzene rings is 4. The first-order chi connectivity index (χ1) is 21.8. The Morgan fingerprint density at radius 2 is 1.00 bits per heavy atom. The van der Waals surface area contributed by atoms with Crippen molar-refractivity contribution in [2.75, 3.05) is 0 Å². The van der Waals surface area contributed by atoms with Crippen LogP contribution in [0, 0.1) is 0 Å². The highest BCUT2D eigenvalue weighted by molar-refractivity contribution is 6.14. The fourth-order valence-corrected chi connectivity index (χ4v) is 6.06. The largest absolute Gasteiger partial charge is 0.308 e. The van der Waals surface area contributed by atoms with E-state index in [0.29, 0.717) is 17.6 Å². The van der Waals surface area contributed by atoms with Gasteiger partial charge in [0.05, 0.1) is 27.6 Å². The van der Waals surface area contributed by atoms with Gasteiger partial charge in [0, 0.05) is 28.4 Å².